The van der Waals surface area contributed by atoms with Crippen LogP contribution in [0.5, 0.6) is 0 Å². The van der Waals surface area contributed by atoms with Crippen molar-refractivity contribution in [1.82, 2.24) is 5.16 Å². The zero-order chi connectivity index (χ0) is 11.9. The Labute approximate surface area is 92.9 Å². The van der Waals surface area contributed by atoms with Crippen molar-refractivity contribution >= 4 is 16.9 Å². The fourth-order valence-corrected chi connectivity index (χ4v) is 1.60. The molecule has 1 aromatic carbocycles. The van der Waals surface area contributed by atoms with Crippen molar-refractivity contribution < 1.29 is 14.4 Å². The molecular formula is C12H13NO3. The lowest BCUT2D eigenvalue weighted by atomic mass is 9.88. The predicted octanol–water partition coefficient (Wildman–Crippen LogP) is 2.50. The summed E-state index contributed by atoms with van der Waals surface area (Å²) in [6.45, 7) is 5.17. The second-order valence-corrected chi connectivity index (χ2v) is 4.46. The van der Waals surface area contributed by atoms with Crippen molar-refractivity contribution in [2.24, 2.45) is 0 Å². The molecule has 0 fully saturated rings. The molecule has 1 N–H and O–H groups in total. The highest BCUT2D eigenvalue weighted by Gasteiger charge is 2.35. The van der Waals surface area contributed by atoms with E-state index in [0.29, 0.717) is 11.3 Å². The average molecular weight is 219 g/mol. The van der Waals surface area contributed by atoms with Gasteiger partial charge in [0.15, 0.2) is 5.76 Å². The van der Waals surface area contributed by atoms with Crippen LogP contribution < -0.4 is 0 Å². The van der Waals surface area contributed by atoms with E-state index in [2.05, 4.69) is 5.16 Å². The number of rotatable bonds is 2. The van der Waals surface area contributed by atoms with Gasteiger partial charge in [-0.3, -0.25) is 4.79 Å². The van der Waals surface area contributed by atoms with Gasteiger partial charge in [-0.15, -0.1) is 0 Å². The van der Waals surface area contributed by atoms with Crippen LogP contribution in [0.1, 0.15) is 25.2 Å². The third-order valence-electron chi connectivity index (χ3n) is 2.73. The second-order valence-electron chi connectivity index (χ2n) is 4.46. The van der Waals surface area contributed by atoms with Crippen LogP contribution in [0.4, 0.5) is 0 Å². The number of carbonyl (C=O) groups is 1. The van der Waals surface area contributed by atoms with Crippen LogP contribution >= 0.6 is 0 Å². The van der Waals surface area contributed by atoms with Gasteiger partial charge in [-0.05, 0) is 32.9 Å². The van der Waals surface area contributed by atoms with Gasteiger partial charge in [0.2, 0.25) is 0 Å². The Balaban J connectivity index is 2.70. The molecule has 1 heterocycles. The Bertz CT molecular complexity index is 554. The van der Waals surface area contributed by atoms with Crippen molar-refractivity contribution in [1.29, 1.82) is 0 Å². The van der Waals surface area contributed by atoms with Gasteiger partial charge in [0, 0.05) is 5.39 Å². The fraction of sp³-hybridized carbons (Fsp3) is 0.333. The Morgan fingerprint density at radius 1 is 1.44 bits per heavy atom. The van der Waals surface area contributed by atoms with Crippen molar-refractivity contribution in [3.63, 3.8) is 0 Å². The third kappa shape index (κ3) is 1.46. The summed E-state index contributed by atoms with van der Waals surface area (Å²) in [7, 11) is 0. The monoisotopic (exact) mass is 219 g/mol. The molecule has 0 atom stereocenters. The fourth-order valence-electron chi connectivity index (χ4n) is 1.60. The molecule has 0 bridgehead atoms. The van der Waals surface area contributed by atoms with Gasteiger partial charge in [-0.1, -0.05) is 16.8 Å². The first kappa shape index (κ1) is 10.7. The molecule has 0 aliphatic heterocycles. The van der Waals surface area contributed by atoms with Crippen LogP contribution in [0.25, 0.3) is 10.9 Å². The minimum atomic E-state index is -1.07. The highest BCUT2D eigenvalue weighted by Crippen LogP contribution is 2.31. The lowest BCUT2D eigenvalue weighted by molar-refractivity contribution is -0.143. The molecule has 1 aromatic heterocycles. The van der Waals surface area contributed by atoms with Gasteiger partial charge in [0.25, 0.3) is 0 Å². The summed E-state index contributed by atoms with van der Waals surface area (Å²) < 4.78 is 5.17. The van der Waals surface area contributed by atoms with E-state index in [9.17, 15) is 4.79 Å². The van der Waals surface area contributed by atoms with Crippen LogP contribution in [0.3, 0.4) is 0 Å². The van der Waals surface area contributed by atoms with Gasteiger partial charge < -0.3 is 9.63 Å². The molecule has 2 aromatic rings. The molecule has 2 rings (SSSR count). The quantitative estimate of drug-likeness (QED) is 0.842. The molecule has 4 nitrogen and oxygen atoms in total. The third-order valence-corrected chi connectivity index (χ3v) is 2.73. The SMILES string of the molecule is Cc1ccc2noc(C(C)(C)C(=O)O)c2c1. The van der Waals surface area contributed by atoms with E-state index in [1.165, 1.54) is 0 Å². The molecule has 0 aliphatic rings. The van der Waals surface area contributed by atoms with Gasteiger partial charge in [0.1, 0.15) is 10.9 Å². The van der Waals surface area contributed by atoms with Gasteiger partial charge in [0.05, 0.1) is 0 Å². The van der Waals surface area contributed by atoms with E-state index < -0.39 is 11.4 Å². The molecule has 0 radical (unpaired) electrons. The zero-order valence-corrected chi connectivity index (χ0v) is 9.44. The minimum absolute atomic E-state index is 0.402. The van der Waals surface area contributed by atoms with Crippen molar-refractivity contribution in [2.45, 2.75) is 26.2 Å². The van der Waals surface area contributed by atoms with E-state index in [-0.39, 0.29) is 0 Å². The van der Waals surface area contributed by atoms with Crippen LogP contribution in [0.2, 0.25) is 0 Å². The number of carboxylic acid groups (broad SMARTS) is 1. The molecule has 16 heavy (non-hydrogen) atoms. The number of aliphatic carboxylic acids is 1. The number of hydrogen-bond donors (Lipinski definition) is 1. The molecule has 0 saturated carbocycles. The summed E-state index contributed by atoms with van der Waals surface area (Å²) >= 11 is 0. The summed E-state index contributed by atoms with van der Waals surface area (Å²) in [6, 6.07) is 5.64. The Morgan fingerprint density at radius 3 is 2.75 bits per heavy atom. The van der Waals surface area contributed by atoms with Crippen LogP contribution in [-0.4, -0.2) is 16.2 Å². The first-order valence-electron chi connectivity index (χ1n) is 5.03. The first-order valence-corrected chi connectivity index (χ1v) is 5.03. The van der Waals surface area contributed by atoms with Gasteiger partial charge in [-0.25, -0.2) is 0 Å². The molecule has 0 spiro atoms. The number of benzene rings is 1. The maximum absolute atomic E-state index is 11.2. The normalized spacial score (nSPS) is 11.9. The van der Waals surface area contributed by atoms with E-state index in [0.717, 1.165) is 10.9 Å². The predicted molar refractivity (Wildman–Crippen MR) is 59.4 cm³/mol. The summed E-state index contributed by atoms with van der Waals surface area (Å²) in [5, 5.41) is 13.8. The molecule has 84 valence electrons. The maximum atomic E-state index is 11.2. The van der Waals surface area contributed by atoms with Crippen molar-refractivity contribution in [2.75, 3.05) is 0 Å². The number of aryl methyl sites for hydroxylation is 1. The Morgan fingerprint density at radius 2 is 2.12 bits per heavy atom. The standard InChI is InChI=1S/C12H13NO3/c1-7-4-5-9-8(6-7)10(16-13-9)12(2,3)11(14)15/h4-6H,1-3H3,(H,14,15). The zero-order valence-electron chi connectivity index (χ0n) is 9.44. The number of aromatic nitrogens is 1. The summed E-state index contributed by atoms with van der Waals surface area (Å²) in [5.74, 6) is -0.522. The van der Waals surface area contributed by atoms with E-state index in [1.807, 2.05) is 25.1 Å². The van der Waals surface area contributed by atoms with Crippen molar-refractivity contribution in [3.8, 4) is 0 Å². The minimum Gasteiger partial charge on any atom is -0.481 e. The van der Waals surface area contributed by atoms with Crippen LogP contribution in [-0.2, 0) is 10.2 Å². The lowest BCUT2D eigenvalue weighted by Crippen LogP contribution is -2.28. The Hall–Kier alpha value is -1.84. The lowest BCUT2D eigenvalue weighted by Gasteiger charge is -2.15. The smallest absolute Gasteiger partial charge is 0.316 e. The molecule has 0 unspecified atom stereocenters. The second kappa shape index (κ2) is 3.33. The first-order chi connectivity index (χ1) is 7.43. The van der Waals surface area contributed by atoms with E-state index in [1.54, 1.807) is 13.8 Å². The highest BCUT2D eigenvalue weighted by molar-refractivity contribution is 5.89. The highest BCUT2D eigenvalue weighted by atomic mass is 16.5. The topological polar surface area (TPSA) is 63.3 Å². The van der Waals surface area contributed by atoms with Crippen LogP contribution in [0, 0.1) is 6.92 Å². The average Bonchev–Trinajstić information content (AvgIpc) is 2.60. The summed E-state index contributed by atoms with van der Waals surface area (Å²) in [5.41, 5.74) is 0.677. The molecule has 0 amide bonds. The van der Waals surface area contributed by atoms with E-state index in [4.69, 9.17) is 9.63 Å². The van der Waals surface area contributed by atoms with Crippen LogP contribution in [0.15, 0.2) is 22.7 Å². The van der Waals surface area contributed by atoms with E-state index >= 15 is 0 Å². The Kier molecular flexibility index (Phi) is 2.22. The number of nitrogens with zero attached hydrogens (tertiary/aromatic N) is 1. The molecular weight excluding hydrogens is 206 g/mol. The summed E-state index contributed by atoms with van der Waals surface area (Å²) in [4.78, 5) is 11.2. The number of hydrogen-bond acceptors (Lipinski definition) is 3. The maximum Gasteiger partial charge on any atom is 0.316 e. The number of carboxylic acids is 1. The van der Waals surface area contributed by atoms with Gasteiger partial charge in [-0.2, -0.15) is 0 Å². The number of fused-ring (bicyclic) bond motifs is 1. The van der Waals surface area contributed by atoms with Crippen molar-refractivity contribution in [3.05, 3.63) is 29.5 Å². The largest absolute Gasteiger partial charge is 0.481 e. The summed E-state index contributed by atoms with van der Waals surface area (Å²) in [6.07, 6.45) is 0. The van der Waals surface area contributed by atoms with Gasteiger partial charge >= 0.3 is 5.97 Å². The molecule has 0 aliphatic carbocycles. The molecule has 4 heteroatoms. The molecule has 0 saturated heterocycles.